The lowest BCUT2D eigenvalue weighted by atomic mass is 10.4. The largest absolute Gasteiger partial charge is 0.320 e. The van der Waals surface area contributed by atoms with Crippen LogP contribution >= 0.6 is 0 Å². The fourth-order valence-corrected chi connectivity index (χ4v) is 7.66. The molecule has 0 N–H and O–H groups in total. The maximum atomic E-state index is 4.24. The van der Waals surface area contributed by atoms with E-state index in [1.165, 1.54) is 63.7 Å². The summed E-state index contributed by atoms with van der Waals surface area (Å²) in [5.74, 6) is 0. The van der Waals surface area contributed by atoms with Gasteiger partial charge in [-0.1, -0.05) is 59.1 Å². The summed E-state index contributed by atoms with van der Waals surface area (Å²) in [7, 11) is -1.39. The normalized spacial score (nSPS) is 12.1. The molecule has 0 aromatic carbocycles. The number of rotatable bonds is 12. The summed E-state index contributed by atoms with van der Waals surface area (Å²) in [6.45, 7) is 16.0. The average Bonchev–Trinajstić information content (AvgIpc) is 2.40. The SMILES string of the molecule is C=C[Si](CCCC)(CCCC)N(CCC)CCC. The number of hydrogen-bond donors (Lipinski definition) is 0. The lowest BCUT2D eigenvalue weighted by Crippen LogP contribution is -2.52. The Morgan fingerprint density at radius 3 is 1.56 bits per heavy atom. The van der Waals surface area contributed by atoms with Crippen LogP contribution in [0.1, 0.15) is 66.2 Å². The summed E-state index contributed by atoms with van der Waals surface area (Å²) in [5.41, 5.74) is 2.39. The molecule has 0 aromatic rings. The van der Waals surface area contributed by atoms with Gasteiger partial charge in [0, 0.05) is 0 Å². The van der Waals surface area contributed by atoms with Gasteiger partial charge in [0.25, 0.3) is 0 Å². The van der Waals surface area contributed by atoms with Crippen LogP contribution in [0.4, 0.5) is 0 Å². The van der Waals surface area contributed by atoms with E-state index >= 15 is 0 Å². The molecule has 0 aliphatic carbocycles. The maximum absolute atomic E-state index is 4.24. The molecule has 0 aromatic heterocycles. The minimum Gasteiger partial charge on any atom is -0.320 e. The fourth-order valence-electron chi connectivity index (χ4n) is 2.84. The third kappa shape index (κ3) is 5.70. The van der Waals surface area contributed by atoms with E-state index in [-0.39, 0.29) is 0 Å². The van der Waals surface area contributed by atoms with Gasteiger partial charge in [-0.15, -0.1) is 6.58 Å². The summed E-state index contributed by atoms with van der Waals surface area (Å²) in [6.07, 6.45) is 7.96. The molecule has 108 valence electrons. The van der Waals surface area contributed by atoms with Crippen molar-refractivity contribution in [3.63, 3.8) is 0 Å². The Kier molecular flexibility index (Phi) is 10.8. The summed E-state index contributed by atoms with van der Waals surface area (Å²) in [5, 5.41) is 0. The molecule has 0 amide bonds. The summed E-state index contributed by atoms with van der Waals surface area (Å²) in [6, 6.07) is 2.85. The Labute approximate surface area is 117 Å². The van der Waals surface area contributed by atoms with Gasteiger partial charge in [0.05, 0.1) is 0 Å². The second kappa shape index (κ2) is 10.8. The van der Waals surface area contributed by atoms with E-state index in [2.05, 4.69) is 44.5 Å². The molecule has 1 nitrogen and oxygen atoms in total. The van der Waals surface area contributed by atoms with Crippen LogP contribution in [-0.4, -0.2) is 25.9 Å². The molecule has 0 aliphatic rings. The van der Waals surface area contributed by atoms with Crippen LogP contribution in [0.3, 0.4) is 0 Å². The Bertz CT molecular complexity index is 189. The van der Waals surface area contributed by atoms with Crippen LogP contribution in [0.15, 0.2) is 12.3 Å². The van der Waals surface area contributed by atoms with E-state index in [4.69, 9.17) is 0 Å². The van der Waals surface area contributed by atoms with E-state index < -0.39 is 8.24 Å². The quantitative estimate of drug-likeness (QED) is 0.430. The Morgan fingerprint density at radius 2 is 1.28 bits per heavy atom. The second-order valence-corrected chi connectivity index (χ2v) is 9.75. The highest BCUT2D eigenvalue weighted by atomic mass is 28.3. The monoisotopic (exact) mass is 269 g/mol. The first-order chi connectivity index (χ1) is 8.70. The number of nitrogens with zero attached hydrogens (tertiary/aromatic N) is 1. The molecule has 0 radical (unpaired) electrons. The molecule has 0 saturated carbocycles. The highest BCUT2D eigenvalue weighted by Crippen LogP contribution is 2.27. The van der Waals surface area contributed by atoms with Crippen molar-refractivity contribution < 1.29 is 0 Å². The van der Waals surface area contributed by atoms with Gasteiger partial charge in [-0.2, -0.15) is 0 Å². The molecular formula is C16H35NSi. The predicted octanol–water partition coefficient (Wildman–Crippen LogP) is 5.38. The van der Waals surface area contributed by atoms with Crippen molar-refractivity contribution in [2.24, 2.45) is 0 Å². The number of unbranched alkanes of at least 4 members (excludes halogenated alkanes) is 2. The minimum atomic E-state index is -1.39. The molecule has 18 heavy (non-hydrogen) atoms. The zero-order valence-electron chi connectivity index (χ0n) is 13.3. The van der Waals surface area contributed by atoms with Gasteiger partial charge >= 0.3 is 0 Å². The van der Waals surface area contributed by atoms with Crippen LogP contribution in [0.5, 0.6) is 0 Å². The third-order valence-electron chi connectivity index (χ3n) is 3.92. The summed E-state index contributed by atoms with van der Waals surface area (Å²) in [4.78, 5) is 0. The van der Waals surface area contributed by atoms with Crippen LogP contribution in [0.2, 0.25) is 12.1 Å². The molecule has 0 saturated heterocycles. The van der Waals surface area contributed by atoms with Crippen LogP contribution in [0.25, 0.3) is 0 Å². The van der Waals surface area contributed by atoms with E-state index in [1.807, 2.05) is 0 Å². The van der Waals surface area contributed by atoms with Crippen molar-refractivity contribution in [1.82, 2.24) is 4.57 Å². The van der Waals surface area contributed by atoms with Crippen LogP contribution in [0, 0.1) is 0 Å². The molecule has 2 heteroatoms. The number of hydrogen-bond acceptors (Lipinski definition) is 1. The Balaban J connectivity index is 4.87. The zero-order valence-corrected chi connectivity index (χ0v) is 14.3. The van der Waals surface area contributed by atoms with Crippen LogP contribution in [-0.2, 0) is 0 Å². The first-order valence-corrected chi connectivity index (χ1v) is 10.5. The van der Waals surface area contributed by atoms with Gasteiger partial charge in [-0.25, -0.2) is 0 Å². The Morgan fingerprint density at radius 1 is 0.833 bits per heavy atom. The van der Waals surface area contributed by atoms with Crippen molar-refractivity contribution in [1.29, 1.82) is 0 Å². The fraction of sp³-hybridized carbons (Fsp3) is 0.875. The van der Waals surface area contributed by atoms with Crippen molar-refractivity contribution >= 4 is 8.24 Å². The van der Waals surface area contributed by atoms with Gasteiger partial charge in [-0.3, -0.25) is 0 Å². The van der Waals surface area contributed by atoms with E-state index in [0.29, 0.717) is 0 Å². The highest BCUT2D eigenvalue weighted by molar-refractivity contribution is 6.81. The lowest BCUT2D eigenvalue weighted by molar-refractivity contribution is 0.412. The van der Waals surface area contributed by atoms with Gasteiger partial charge in [0.1, 0.15) is 0 Å². The van der Waals surface area contributed by atoms with Gasteiger partial charge < -0.3 is 4.57 Å². The van der Waals surface area contributed by atoms with Crippen molar-refractivity contribution in [2.45, 2.75) is 78.3 Å². The summed E-state index contributed by atoms with van der Waals surface area (Å²) < 4.78 is 2.84. The third-order valence-corrected chi connectivity index (χ3v) is 8.83. The topological polar surface area (TPSA) is 3.24 Å². The second-order valence-electron chi connectivity index (χ2n) is 5.50. The van der Waals surface area contributed by atoms with Gasteiger partial charge in [0.15, 0.2) is 8.24 Å². The minimum absolute atomic E-state index is 1.28. The van der Waals surface area contributed by atoms with Gasteiger partial charge in [-0.05, 0) is 38.0 Å². The first-order valence-electron chi connectivity index (χ1n) is 8.09. The van der Waals surface area contributed by atoms with Gasteiger partial charge in [0.2, 0.25) is 0 Å². The van der Waals surface area contributed by atoms with E-state index in [1.54, 1.807) is 0 Å². The molecular weight excluding hydrogens is 234 g/mol. The van der Waals surface area contributed by atoms with Crippen LogP contribution < -0.4 is 0 Å². The summed E-state index contributed by atoms with van der Waals surface area (Å²) >= 11 is 0. The predicted molar refractivity (Wildman–Crippen MR) is 87.5 cm³/mol. The smallest absolute Gasteiger partial charge is 0.152 e. The zero-order chi connectivity index (χ0) is 13.9. The van der Waals surface area contributed by atoms with Crippen molar-refractivity contribution in [2.75, 3.05) is 13.1 Å². The standard InChI is InChI=1S/C16H35NSi/c1-6-11-15-18(10-5,16-12-7-2)17(13-8-3)14-9-4/h10H,5-9,11-16H2,1-4H3. The van der Waals surface area contributed by atoms with E-state index in [0.717, 1.165) is 0 Å². The Hall–Kier alpha value is -0.0831. The van der Waals surface area contributed by atoms with Crippen molar-refractivity contribution in [3.05, 3.63) is 12.3 Å². The first kappa shape index (κ1) is 17.9. The molecule has 0 aliphatic heterocycles. The molecule has 0 atom stereocenters. The molecule has 0 fully saturated rings. The highest BCUT2D eigenvalue weighted by Gasteiger charge is 2.34. The lowest BCUT2D eigenvalue weighted by Gasteiger charge is -2.40. The molecule has 0 bridgehead atoms. The molecule has 0 rings (SSSR count). The molecule has 0 spiro atoms. The maximum Gasteiger partial charge on any atom is 0.152 e. The molecule has 0 unspecified atom stereocenters. The van der Waals surface area contributed by atoms with Crippen molar-refractivity contribution in [3.8, 4) is 0 Å². The average molecular weight is 270 g/mol. The van der Waals surface area contributed by atoms with E-state index in [9.17, 15) is 0 Å². The molecule has 0 heterocycles.